The van der Waals surface area contributed by atoms with Gasteiger partial charge in [0.2, 0.25) is 0 Å². The SMILES string of the molecule is OCNc1c2c(cc3c1CCC3)CCC2. The average Bonchev–Trinajstić information content (AvgIpc) is 2.84. The molecular formula is C13H17NO. The minimum atomic E-state index is 0.0584. The van der Waals surface area contributed by atoms with E-state index in [1.807, 2.05) is 0 Å². The molecular weight excluding hydrogens is 186 g/mol. The third-order valence-corrected chi connectivity index (χ3v) is 3.73. The molecule has 0 fully saturated rings. The molecule has 1 aromatic rings. The highest BCUT2D eigenvalue weighted by Crippen LogP contribution is 2.38. The van der Waals surface area contributed by atoms with Crippen LogP contribution in [-0.2, 0) is 25.7 Å². The Morgan fingerprint density at radius 2 is 1.60 bits per heavy atom. The predicted molar refractivity (Wildman–Crippen MR) is 61.2 cm³/mol. The molecule has 0 radical (unpaired) electrons. The molecule has 2 heteroatoms. The van der Waals surface area contributed by atoms with Gasteiger partial charge in [0.1, 0.15) is 6.73 Å². The van der Waals surface area contributed by atoms with Crippen molar-refractivity contribution in [1.82, 2.24) is 0 Å². The first-order valence-corrected chi connectivity index (χ1v) is 5.91. The Morgan fingerprint density at radius 3 is 2.13 bits per heavy atom. The van der Waals surface area contributed by atoms with Gasteiger partial charge in [-0.05, 0) is 60.8 Å². The first kappa shape index (κ1) is 9.22. The number of aryl methyl sites for hydroxylation is 2. The van der Waals surface area contributed by atoms with Crippen LogP contribution in [0, 0.1) is 0 Å². The number of hydrogen-bond acceptors (Lipinski definition) is 2. The molecule has 3 rings (SSSR count). The molecule has 0 heterocycles. The highest BCUT2D eigenvalue weighted by Gasteiger charge is 2.23. The Kier molecular flexibility index (Phi) is 2.17. The van der Waals surface area contributed by atoms with E-state index in [0.29, 0.717) is 0 Å². The molecule has 0 spiro atoms. The molecule has 1 aromatic carbocycles. The van der Waals surface area contributed by atoms with Gasteiger partial charge in [-0.25, -0.2) is 0 Å². The van der Waals surface area contributed by atoms with Gasteiger partial charge < -0.3 is 10.4 Å². The highest BCUT2D eigenvalue weighted by molar-refractivity contribution is 5.65. The van der Waals surface area contributed by atoms with Crippen LogP contribution in [0.1, 0.15) is 35.1 Å². The van der Waals surface area contributed by atoms with Crippen LogP contribution < -0.4 is 5.32 Å². The fourth-order valence-electron chi connectivity index (χ4n) is 3.11. The number of benzene rings is 1. The van der Waals surface area contributed by atoms with Crippen LogP contribution in [0.4, 0.5) is 5.69 Å². The Morgan fingerprint density at radius 1 is 1.00 bits per heavy atom. The number of anilines is 1. The van der Waals surface area contributed by atoms with Crippen LogP contribution >= 0.6 is 0 Å². The quantitative estimate of drug-likeness (QED) is 0.721. The van der Waals surface area contributed by atoms with Crippen molar-refractivity contribution in [3.05, 3.63) is 28.3 Å². The lowest BCUT2D eigenvalue weighted by molar-refractivity contribution is 0.325. The summed E-state index contributed by atoms with van der Waals surface area (Å²) in [4.78, 5) is 0. The Labute approximate surface area is 90.3 Å². The predicted octanol–water partition coefficient (Wildman–Crippen LogP) is 2.03. The third-order valence-electron chi connectivity index (χ3n) is 3.73. The second-order valence-electron chi connectivity index (χ2n) is 4.57. The van der Waals surface area contributed by atoms with Gasteiger partial charge in [0.05, 0.1) is 0 Å². The maximum absolute atomic E-state index is 9.07. The van der Waals surface area contributed by atoms with Crippen LogP contribution in [0.3, 0.4) is 0 Å². The lowest BCUT2D eigenvalue weighted by Crippen LogP contribution is -2.06. The van der Waals surface area contributed by atoms with E-state index in [0.717, 1.165) is 0 Å². The fourth-order valence-corrected chi connectivity index (χ4v) is 3.11. The summed E-state index contributed by atoms with van der Waals surface area (Å²) in [5.74, 6) is 0. The van der Waals surface area contributed by atoms with Crippen LogP contribution in [0.5, 0.6) is 0 Å². The topological polar surface area (TPSA) is 32.3 Å². The number of fused-ring (bicyclic) bond motifs is 2. The van der Waals surface area contributed by atoms with Gasteiger partial charge >= 0.3 is 0 Å². The molecule has 2 N–H and O–H groups in total. The zero-order valence-corrected chi connectivity index (χ0v) is 8.97. The monoisotopic (exact) mass is 203 g/mol. The third kappa shape index (κ3) is 1.36. The van der Waals surface area contributed by atoms with Crippen LogP contribution in [0.2, 0.25) is 0 Å². The second kappa shape index (κ2) is 3.53. The van der Waals surface area contributed by atoms with Crippen molar-refractivity contribution in [2.24, 2.45) is 0 Å². The number of rotatable bonds is 2. The zero-order valence-electron chi connectivity index (χ0n) is 8.97. The number of aliphatic hydroxyl groups excluding tert-OH is 1. The Bertz CT molecular complexity index is 366. The molecule has 0 aromatic heterocycles. The summed E-state index contributed by atoms with van der Waals surface area (Å²) in [5.41, 5.74) is 7.26. The number of hydrogen-bond donors (Lipinski definition) is 2. The van der Waals surface area contributed by atoms with Gasteiger partial charge in [0.25, 0.3) is 0 Å². The Balaban J connectivity index is 2.16. The van der Waals surface area contributed by atoms with Crippen molar-refractivity contribution < 1.29 is 5.11 Å². The fraction of sp³-hybridized carbons (Fsp3) is 0.538. The van der Waals surface area contributed by atoms with Crippen LogP contribution in [-0.4, -0.2) is 11.8 Å². The molecule has 80 valence electrons. The summed E-state index contributed by atoms with van der Waals surface area (Å²) in [7, 11) is 0. The summed E-state index contributed by atoms with van der Waals surface area (Å²) in [6.45, 7) is 0.0584. The summed E-state index contributed by atoms with van der Waals surface area (Å²) in [5, 5.41) is 12.2. The van der Waals surface area contributed by atoms with Gasteiger partial charge in [0.15, 0.2) is 0 Å². The van der Waals surface area contributed by atoms with E-state index in [4.69, 9.17) is 5.11 Å². The normalized spacial score (nSPS) is 17.7. The highest BCUT2D eigenvalue weighted by atomic mass is 16.3. The maximum Gasteiger partial charge on any atom is 0.113 e. The zero-order chi connectivity index (χ0) is 10.3. The summed E-state index contributed by atoms with van der Waals surface area (Å²) in [6.07, 6.45) is 7.37. The molecule has 15 heavy (non-hydrogen) atoms. The first-order chi connectivity index (χ1) is 7.40. The van der Waals surface area contributed by atoms with Gasteiger partial charge in [-0.3, -0.25) is 0 Å². The van der Waals surface area contributed by atoms with E-state index in [1.54, 1.807) is 0 Å². The van der Waals surface area contributed by atoms with E-state index in [9.17, 15) is 0 Å². The smallest absolute Gasteiger partial charge is 0.113 e. The van der Waals surface area contributed by atoms with Gasteiger partial charge in [0, 0.05) is 5.69 Å². The number of aliphatic hydroxyl groups is 1. The molecule has 2 nitrogen and oxygen atoms in total. The summed E-state index contributed by atoms with van der Waals surface area (Å²) < 4.78 is 0. The van der Waals surface area contributed by atoms with Gasteiger partial charge in [-0.1, -0.05) is 6.07 Å². The van der Waals surface area contributed by atoms with Crippen LogP contribution in [0.15, 0.2) is 6.07 Å². The van der Waals surface area contributed by atoms with Crippen molar-refractivity contribution in [2.45, 2.75) is 38.5 Å². The van der Waals surface area contributed by atoms with E-state index in [-0.39, 0.29) is 6.73 Å². The van der Waals surface area contributed by atoms with E-state index >= 15 is 0 Å². The van der Waals surface area contributed by atoms with E-state index in [1.165, 1.54) is 66.5 Å². The van der Waals surface area contributed by atoms with E-state index in [2.05, 4.69) is 11.4 Å². The standard InChI is InChI=1S/C13H17NO/c15-8-14-13-11-5-1-3-9(11)7-10-4-2-6-12(10)13/h7,14-15H,1-6,8H2. The van der Waals surface area contributed by atoms with Crippen molar-refractivity contribution >= 4 is 5.69 Å². The molecule has 2 aliphatic carbocycles. The summed E-state index contributed by atoms with van der Waals surface area (Å²) >= 11 is 0. The van der Waals surface area contributed by atoms with Gasteiger partial charge in [-0.15, -0.1) is 0 Å². The minimum absolute atomic E-state index is 0.0584. The second-order valence-corrected chi connectivity index (χ2v) is 4.57. The van der Waals surface area contributed by atoms with Gasteiger partial charge in [-0.2, -0.15) is 0 Å². The molecule has 0 aliphatic heterocycles. The number of nitrogens with one attached hydrogen (secondary N) is 1. The van der Waals surface area contributed by atoms with Crippen LogP contribution in [0.25, 0.3) is 0 Å². The molecule has 0 bridgehead atoms. The largest absolute Gasteiger partial charge is 0.377 e. The molecule has 0 unspecified atom stereocenters. The minimum Gasteiger partial charge on any atom is -0.377 e. The van der Waals surface area contributed by atoms with Crippen molar-refractivity contribution in [3.63, 3.8) is 0 Å². The molecule has 0 saturated carbocycles. The van der Waals surface area contributed by atoms with Crippen molar-refractivity contribution in [2.75, 3.05) is 12.0 Å². The lowest BCUT2D eigenvalue weighted by atomic mass is 9.99. The Hall–Kier alpha value is -1.02. The molecule has 0 amide bonds. The molecule has 0 atom stereocenters. The first-order valence-electron chi connectivity index (χ1n) is 5.91. The van der Waals surface area contributed by atoms with Crippen molar-refractivity contribution in [1.29, 1.82) is 0 Å². The average molecular weight is 203 g/mol. The lowest BCUT2D eigenvalue weighted by Gasteiger charge is -2.15. The van der Waals surface area contributed by atoms with Crippen molar-refractivity contribution in [3.8, 4) is 0 Å². The van der Waals surface area contributed by atoms with E-state index < -0.39 is 0 Å². The maximum atomic E-state index is 9.07. The summed E-state index contributed by atoms with van der Waals surface area (Å²) in [6, 6.07) is 2.41. The molecule has 2 aliphatic rings. The molecule has 0 saturated heterocycles.